The molecule has 4 rings (SSSR count). The molecule has 5 heteroatoms. The predicted molar refractivity (Wildman–Crippen MR) is 100 cm³/mol. The second kappa shape index (κ2) is 5.84. The van der Waals surface area contributed by atoms with Crippen molar-refractivity contribution < 1.29 is 5.11 Å². The molecule has 0 bridgehead atoms. The first-order valence-electron chi connectivity index (χ1n) is 9.34. The smallest absolute Gasteiger partial charge is 0.262 e. The van der Waals surface area contributed by atoms with Gasteiger partial charge in [-0.3, -0.25) is 9.36 Å². The Morgan fingerprint density at radius 1 is 1.20 bits per heavy atom. The normalized spacial score (nSPS) is 20.7. The standard InChI is InChI=1S/C20H27N3O2/c1-13-9-15(14(2)24)17-16(10-13)18(25)22(3)19(21-17)23-11-20(12-23)7-5-4-6-8-20/h9-10,14,24H,4-8,11-12H2,1-3H3. The van der Waals surface area contributed by atoms with Gasteiger partial charge in [-0.15, -0.1) is 0 Å². The molecule has 1 aliphatic heterocycles. The number of fused-ring (bicyclic) bond motifs is 1. The summed E-state index contributed by atoms with van der Waals surface area (Å²) in [7, 11) is 1.81. The quantitative estimate of drug-likeness (QED) is 0.912. The van der Waals surface area contributed by atoms with Crippen molar-refractivity contribution in [3.8, 4) is 0 Å². The van der Waals surface area contributed by atoms with Gasteiger partial charge in [0.1, 0.15) is 0 Å². The maximum absolute atomic E-state index is 12.9. The van der Waals surface area contributed by atoms with Crippen molar-refractivity contribution in [1.82, 2.24) is 9.55 Å². The molecule has 0 radical (unpaired) electrons. The highest BCUT2D eigenvalue weighted by atomic mass is 16.3. The maximum atomic E-state index is 12.9. The SMILES string of the molecule is Cc1cc(C(C)O)c2nc(N3CC4(CCCCC4)C3)n(C)c(=O)c2c1. The molecule has 0 amide bonds. The Morgan fingerprint density at radius 2 is 1.88 bits per heavy atom. The maximum Gasteiger partial charge on any atom is 0.262 e. The van der Waals surface area contributed by atoms with E-state index in [1.807, 2.05) is 19.1 Å². The van der Waals surface area contributed by atoms with Gasteiger partial charge in [0.25, 0.3) is 5.56 Å². The molecule has 1 atom stereocenters. The Morgan fingerprint density at radius 3 is 2.52 bits per heavy atom. The van der Waals surface area contributed by atoms with E-state index in [9.17, 15) is 9.90 Å². The van der Waals surface area contributed by atoms with Gasteiger partial charge >= 0.3 is 0 Å². The van der Waals surface area contributed by atoms with Crippen LogP contribution in [0.2, 0.25) is 0 Å². The van der Waals surface area contributed by atoms with Crippen LogP contribution in [0.4, 0.5) is 5.95 Å². The van der Waals surface area contributed by atoms with E-state index in [-0.39, 0.29) is 5.56 Å². The molecule has 1 aromatic heterocycles. The minimum atomic E-state index is -0.643. The zero-order valence-electron chi connectivity index (χ0n) is 15.4. The Bertz CT molecular complexity index is 871. The molecule has 1 saturated heterocycles. The van der Waals surface area contributed by atoms with E-state index in [0.29, 0.717) is 16.3 Å². The van der Waals surface area contributed by atoms with Crippen LogP contribution in [0.15, 0.2) is 16.9 Å². The molecule has 134 valence electrons. The van der Waals surface area contributed by atoms with Crippen molar-refractivity contribution in [2.24, 2.45) is 12.5 Å². The van der Waals surface area contributed by atoms with E-state index in [2.05, 4.69) is 4.90 Å². The summed E-state index contributed by atoms with van der Waals surface area (Å²) in [6.45, 7) is 5.66. The summed E-state index contributed by atoms with van der Waals surface area (Å²) in [4.78, 5) is 20.0. The van der Waals surface area contributed by atoms with E-state index >= 15 is 0 Å². The van der Waals surface area contributed by atoms with Crippen molar-refractivity contribution in [3.63, 3.8) is 0 Å². The lowest BCUT2D eigenvalue weighted by Crippen LogP contribution is -2.58. The number of rotatable bonds is 2. The second-order valence-electron chi connectivity index (χ2n) is 8.12. The van der Waals surface area contributed by atoms with Crippen LogP contribution >= 0.6 is 0 Å². The molecule has 1 aliphatic carbocycles. The van der Waals surface area contributed by atoms with Gasteiger partial charge in [0.2, 0.25) is 5.95 Å². The third-order valence-electron chi connectivity index (χ3n) is 6.03. The Labute approximate surface area is 148 Å². The highest BCUT2D eigenvalue weighted by Gasteiger charge is 2.44. The Kier molecular flexibility index (Phi) is 3.87. The number of nitrogens with zero attached hydrogens (tertiary/aromatic N) is 3. The van der Waals surface area contributed by atoms with Crippen LogP contribution in [0.25, 0.3) is 10.9 Å². The van der Waals surface area contributed by atoms with Crippen LogP contribution in [-0.2, 0) is 7.05 Å². The summed E-state index contributed by atoms with van der Waals surface area (Å²) >= 11 is 0. The number of aromatic nitrogens is 2. The summed E-state index contributed by atoms with van der Waals surface area (Å²) in [5.74, 6) is 0.736. The summed E-state index contributed by atoms with van der Waals surface area (Å²) < 4.78 is 1.67. The fourth-order valence-corrected chi connectivity index (χ4v) is 4.67. The lowest BCUT2D eigenvalue weighted by Gasteiger charge is -2.53. The minimum absolute atomic E-state index is 0.0322. The number of aryl methyl sites for hydroxylation is 1. The number of anilines is 1. The lowest BCUT2D eigenvalue weighted by molar-refractivity contribution is 0.136. The van der Waals surface area contributed by atoms with Crippen LogP contribution in [0, 0.1) is 12.3 Å². The Balaban J connectivity index is 1.78. The topological polar surface area (TPSA) is 58.4 Å². The monoisotopic (exact) mass is 341 g/mol. The van der Waals surface area contributed by atoms with E-state index in [4.69, 9.17) is 4.98 Å². The van der Waals surface area contributed by atoms with Crippen LogP contribution in [0.3, 0.4) is 0 Å². The van der Waals surface area contributed by atoms with Crippen molar-refractivity contribution in [2.45, 2.75) is 52.1 Å². The molecular weight excluding hydrogens is 314 g/mol. The highest BCUT2D eigenvalue weighted by Crippen LogP contribution is 2.45. The minimum Gasteiger partial charge on any atom is -0.389 e. The van der Waals surface area contributed by atoms with Crippen LogP contribution in [0.1, 0.15) is 56.3 Å². The molecule has 1 aromatic carbocycles. The van der Waals surface area contributed by atoms with Crippen LogP contribution in [0.5, 0.6) is 0 Å². The van der Waals surface area contributed by atoms with Crippen molar-refractivity contribution in [2.75, 3.05) is 18.0 Å². The first-order valence-corrected chi connectivity index (χ1v) is 9.34. The molecular formula is C20H27N3O2. The molecule has 1 spiro atoms. The molecule has 1 N–H and O–H groups in total. The molecule has 5 nitrogen and oxygen atoms in total. The van der Waals surface area contributed by atoms with Gasteiger partial charge in [-0.2, -0.15) is 0 Å². The number of aliphatic hydroxyl groups is 1. The predicted octanol–water partition coefficient (Wildman–Crippen LogP) is 3.07. The largest absolute Gasteiger partial charge is 0.389 e. The molecule has 25 heavy (non-hydrogen) atoms. The molecule has 1 saturated carbocycles. The average Bonchev–Trinajstić information content (AvgIpc) is 2.56. The average molecular weight is 341 g/mol. The van der Waals surface area contributed by atoms with Gasteiger partial charge in [-0.25, -0.2) is 4.98 Å². The van der Waals surface area contributed by atoms with Gasteiger partial charge in [0.05, 0.1) is 17.0 Å². The number of aliphatic hydroxyl groups excluding tert-OH is 1. The van der Waals surface area contributed by atoms with Gasteiger partial charge in [-0.1, -0.05) is 25.3 Å². The van der Waals surface area contributed by atoms with Gasteiger partial charge in [0, 0.05) is 31.1 Å². The van der Waals surface area contributed by atoms with E-state index in [0.717, 1.165) is 30.2 Å². The fraction of sp³-hybridized carbons (Fsp3) is 0.600. The van der Waals surface area contributed by atoms with Crippen molar-refractivity contribution in [3.05, 3.63) is 33.6 Å². The van der Waals surface area contributed by atoms with Crippen LogP contribution < -0.4 is 10.5 Å². The van der Waals surface area contributed by atoms with Crippen molar-refractivity contribution >= 4 is 16.9 Å². The highest BCUT2D eigenvalue weighted by molar-refractivity contribution is 5.83. The summed E-state index contributed by atoms with van der Waals surface area (Å²) in [5.41, 5.74) is 2.76. The van der Waals surface area contributed by atoms with Crippen molar-refractivity contribution in [1.29, 1.82) is 0 Å². The van der Waals surface area contributed by atoms with E-state index in [1.165, 1.54) is 32.1 Å². The zero-order chi connectivity index (χ0) is 17.8. The number of hydrogen-bond acceptors (Lipinski definition) is 4. The fourth-order valence-electron chi connectivity index (χ4n) is 4.67. The number of hydrogen-bond donors (Lipinski definition) is 1. The molecule has 2 aliphatic rings. The van der Waals surface area contributed by atoms with Gasteiger partial charge in [-0.05, 0) is 38.3 Å². The second-order valence-corrected chi connectivity index (χ2v) is 8.12. The summed E-state index contributed by atoms with van der Waals surface area (Å²) in [6.07, 6.45) is 5.95. The third kappa shape index (κ3) is 2.65. The number of benzene rings is 1. The molecule has 2 fully saturated rings. The summed E-state index contributed by atoms with van der Waals surface area (Å²) in [5, 5.41) is 10.7. The first-order chi connectivity index (χ1) is 11.9. The van der Waals surface area contributed by atoms with E-state index < -0.39 is 6.10 Å². The Hall–Kier alpha value is -1.88. The van der Waals surface area contributed by atoms with E-state index in [1.54, 1.807) is 18.5 Å². The third-order valence-corrected chi connectivity index (χ3v) is 6.03. The van der Waals surface area contributed by atoms with Gasteiger partial charge in [0.15, 0.2) is 0 Å². The first kappa shape index (κ1) is 16.6. The zero-order valence-corrected chi connectivity index (χ0v) is 15.4. The molecule has 1 unspecified atom stereocenters. The van der Waals surface area contributed by atoms with Crippen LogP contribution in [-0.4, -0.2) is 27.7 Å². The molecule has 2 heterocycles. The molecule has 2 aromatic rings. The lowest BCUT2D eigenvalue weighted by atomic mass is 9.69. The van der Waals surface area contributed by atoms with Gasteiger partial charge < -0.3 is 10.0 Å². The summed E-state index contributed by atoms with van der Waals surface area (Å²) in [6, 6.07) is 3.81.